The Kier molecular flexibility index (Phi) is 4.92. The molecule has 0 saturated carbocycles. The van der Waals surface area contributed by atoms with Gasteiger partial charge >= 0.3 is 0 Å². The molecule has 2 heterocycles. The van der Waals surface area contributed by atoms with E-state index in [1.165, 1.54) is 24.8 Å². The first-order valence-corrected chi connectivity index (χ1v) is 8.31. The highest BCUT2D eigenvalue weighted by molar-refractivity contribution is 5.45. The highest BCUT2D eigenvalue weighted by Gasteiger charge is 2.30. The van der Waals surface area contributed by atoms with Crippen LogP contribution in [0.15, 0.2) is 12.1 Å². The summed E-state index contributed by atoms with van der Waals surface area (Å²) in [5, 5.41) is 3.54. The largest absolute Gasteiger partial charge is 0.351 e. The van der Waals surface area contributed by atoms with Gasteiger partial charge in [0.25, 0.3) is 0 Å². The molecule has 1 N–H and O–H groups in total. The van der Waals surface area contributed by atoms with Crippen LogP contribution in [-0.2, 0) is 6.54 Å². The Bertz CT molecular complexity index is 476. The number of pyridine rings is 1. The van der Waals surface area contributed by atoms with Gasteiger partial charge in [0, 0.05) is 29.9 Å². The minimum absolute atomic E-state index is 0.141. The molecule has 1 aromatic heterocycles. The summed E-state index contributed by atoms with van der Waals surface area (Å²) in [6.45, 7) is 14.2. The van der Waals surface area contributed by atoms with Crippen molar-refractivity contribution < 1.29 is 0 Å². The van der Waals surface area contributed by atoms with E-state index in [1.807, 2.05) is 0 Å². The van der Waals surface area contributed by atoms with Crippen molar-refractivity contribution >= 4 is 5.82 Å². The highest BCUT2D eigenvalue weighted by Crippen LogP contribution is 2.31. The lowest BCUT2D eigenvalue weighted by atomic mass is 10.1. The van der Waals surface area contributed by atoms with Gasteiger partial charge in [-0.25, -0.2) is 4.98 Å². The molecule has 0 radical (unpaired) electrons. The predicted molar refractivity (Wildman–Crippen MR) is 90.8 cm³/mol. The minimum atomic E-state index is 0.141. The average Bonchev–Trinajstić information content (AvgIpc) is 2.77. The van der Waals surface area contributed by atoms with Crippen molar-refractivity contribution in [3.8, 4) is 0 Å². The number of anilines is 1. The quantitative estimate of drug-likeness (QED) is 0.906. The average molecular weight is 289 g/mol. The molecular formula is C18H31N3. The minimum Gasteiger partial charge on any atom is -0.351 e. The second-order valence-electron chi connectivity index (χ2n) is 7.41. The summed E-state index contributed by atoms with van der Waals surface area (Å²) in [6, 6.07) is 5.72. The fraction of sp³-hybridized carbons (Fsp3) is 0.722. The number of aryl methyl sites for hydroxylation is 1. The summed E-state index contributed by atoms with van der Waals surface area (Å²) >= 11 is 0. The molecule has 118 valence electrons. The monoisotopic (exact) mass is 289 g/mol. The Morgan fingerprint density at radius 3 is 2.57 bits per heavy atom. The molecule has 1 saturated heterocycles. The maximum atomic E-state index is 4.89. The number of rotatable bonds is 4. The Hall–Kier alpha value is -1.09. The van der Waals surface area contributed by atoms with Crippen molar-refractivity contribution in [3.05, 3.63) is 23.4 Å². The van der Waals surface area contributed by atoms with Crippen LogP contribution in [-0.4, -0.2) is 22.6 Å². The fourth-order valence-electron chi connectivity index (χ4n) is 3.15. The van der Waals surface area contributed by atoms with Gasteiger partial charge in [-0.05, 0) is 65.5 Å². The summed E-state index contributed by atoms with van der Waals surface area (Å²) in [7, 11) is 0. The van der Waals surface area contributed by atoms with Crippen LogP contribution in [0.2, 0.25) is 0 Å². The first kappa shape index (κ1) is 16.3. The lowest BCUT2D eigenvalue weighted by Gasteiger charge is -2.30. The number of nitrogens with one attached hydrogen (secondary N) is 1. The topological polar surface area (TPSA) is 28.2 Å². The fourth-order valence-corrected chi connectivity index (χ4v) is 3.15. The highest BCUT2D eigenvalue weighted by atomic mass is 15.3. The molecule has 21 heavy (non-hydrogen) atoms. The van der Waals surface area contributed by atoms with Gasteiger partial charge in [0.05, 0.1) is 0 Å². The molecule has 2 atom stereocenters. The lowest BCUT2D eigenvalue weighted by molar-refractivity contribution is 0.423. The summed E-state index contributed by atoms with van der Waals surface area (Å²) in [5.41, 5.74) is 2.59. The molecule has 0 spiro atoms. The van der Waals surface area contributed by atoms with Crippen LogP contribution in [0, 0.1) is 6.92 Å². The molecule has 0 bridgehead atoms. The predicted octanol–water partition coefficient (Wildman–Crippen LogP) is 4.05. The smallest absolute Gasteiger partial charge is 0.129 e. The van der Waals surface area contributed by atoms with Crippen molar-refractivity contribution in [2.24, 2.45) is 0 Å². The van der Waals surface area contributed by atoms with Gasteiger partial charge < -0.3 is 10.2 Å². The summed E-state index contributed by atoms with van der Waals surface area (Å²) in [4.78, 5) is 7.41. The number of nitrogens with zero attached hydrogens (tertiary/aromatic N) is 2. The first-order chi connectivity index (χ1) is 9.81. The van der Waals surface area contributed by atoms with Gasteiger partial charge in [0.2, 0.25) is 0 Å². The van der Waals surface area contributed by atoms with Crippen LogP contribution in [0.5, 0.6) is 0 Å². The zero-order chi connectivity index (χ0) is 15.6. The van der Waals surface area contributed by atoms with Crippen LogP contribution in [0.4, 0.5) is 5.82 Å². The van der Waals surface area contributed by atoms with Gasteiger partial charge in [-0.15, -0.1) is 0 Å². The van der Waals surface area contributed by atoms with Crippen LogP contribution in [0.3, 0.4) is 0 Å². The van der Waals surface area contributed by atoms with Crippen molar-refractivity contribution in [1.82, 2.24) is 10.3 Å². The van der Waals surface area contributed by atoms with Crippen molar-refractivity contribution in [1.29, 1.82) is 0 Å². The third-order valence-corrected chi connectivity index (χ3v) is 4.51. The molecule has 0 amide bonds. The normalized spacial score (nSPS) is 22.9. The van der Waals surface area contributed by atoms with Gasteiger partial charge in [-0.2, -0.15) is 0 Å². The Morgan fingerprint density at radius 1 is 1.29 bits per heavy atom. The van der Waals surface area contributed by atoms with E-state index in [4.69, 9.17) is 4.98 Å². The van der Waals surface area contributed by atoms with Crippen molar-refractivity contribution in [2.45, 2.75) is 85.0 Å². The second kappa shape index (κ2) is 6.35. The van der Waals surface area contributed by atoms with Crippen molar-refractivity contribution in [3.63, 3.8) is 0 Å². The molecule has 1 fully saturated rings. The molecular weight excluding hydrogens is 258 g/mol. The first-order valence-electron chi connectivity index (χ1n) is 8.31. The van der Waals surface area contributed by atoms with E-state index in [0.717, 1.165) is 18.1 Å². The van der Waals surface area contributed by atoms with E-state index in [1.54, 1.807) is 0 Å². The molecule has 3 heteroatoms. The van der Waals surface area contributed by atoms with E-state index >= 15 is 0 Å². The zero-order valence-electron chi connectivity index (χ0n) is 14.5. The van der Waals surface area contributed by atoms with Gasteiger partial charge in [-0.1, -0.05) is 13.0 Å². The molecule has 2 rings (SSSR count). The molecule has 2 unspecified atom stereocenters. The van der Waals surface area contributed by atoms with Gasteiger partial charge in [0.15, 0.2) is 0 Å². The standard InChI is InChI=1S/C18H31N3/c1-7-16-10-8-13(2)21(16)17-11-9-15(14(3)20-17)12-19-18(4,5)6/h9,11,13,16,19H,7-8,10,12H2,1-6H3. The number of hydrogen-bond donors (Lipinski definition) is 1. The molecule has 0 aromatic carbocycles. The van der Waals surface area contributed by atoms with Crippen molar-refractivity contribution in [2.75, 3.05) is 4.90 Å². The molecule has 1 aliphatic heterocycles. The maximum Gasteiger partial charge on any atom is 0.129 e. The maximum absolute atomic E-state index is 4.89. The zero-order valence-corrected chi connectivity index (χ0v) is 14.5. The Morgan fingerprint density at radius 2 is 2.00 bits per heavy atom. The number of hydrogen-bond acceptors (Lipinski definition) is 3. The van der Waals surface area contributed by atoms with Crippen LogP contribution >= 0.6 is 0 Å². The van der Waals surface area contributed by atoms with Gasteiger partial charge in [0.1, 0.15) is 5.82 Å². The van der Waals surface area contributed by atoms with E-state index in [0.29, 0.717) is 12.1 Å². The molecule has 3 nitrogen and oxygen atoms in total. The van der Waals surface area contributed by atoms with E-state index in [2.05, 4.69) is 63.9 Å². The lowest BCUT2D eigenvalue weighted by Crippen LogP contribution is -2.36. The van der Waals surface area contributed by atoms with Gasteiger partial charge in [-0.3, -0.25) is 0 Å². The molecule has 0 aliphatic carbocycles. The van der Waals surface area contributed by atoms with Crippen LogP contribution < -0.4 is 10.2 Å². The Labute approximate surface area is 130 Å². The third kappa shape index (κ3) is 3.97. The summed E-state index contributed by atoms with van der Waals surface area (Å²) in [6.07, 6.45) is 3.79. The van der Waals surface area contributed by atoms with Crippen LogP contribution in [0.25, 0.3) is 0 Å². The van der Waals surface area contributed by atoms with E-state index in [-0.39, 0.29) is 5.54 Å². The summed E-state index contributed by atoms with van der Waals surface area (Å²) in [5.74, 6) is 1.16. The van der Waals surface area contributed by atoms with E-state index in [9.17, 15) is 0 Å². The summed E-state index contributed by atoms with van der Waals surface area (Å²) < 4.78 is 0. The SMILES string of the molecule is CCC1CCC(C)N1c1ccc(CNC(C)(C)C)c(C)n1. The molecule has 1 aliphatic rings. The molecule has 1 aromatic rings. The second-order valence-corrected chi connectivity index (χ2v) is 7.41. The Balaban J connectivity index is 2.15. The third-order valence-electron chi connectivity index (χ3n) is 4.51. The van der Waals surface area contributed by atoms with E-state index < -0.39 is 0 Å². The van der Waals surface area contributed by atoms with Crippen LogP contribution in [0.1, 0.15) is 65.1 Å². The number of aromatic nitrogens is 1.